The van der Waals surface area contributed by atoms with Crippen LogP contribution >= 0.6 is 0 Å². The topological polar surface area (TPSA) is 66.8 Å². The van der Waals surface area contributed by atoms with E-state index in [0.29, 0.717) is 17.9 Å². The summed E-state index contributed by atoms with van der Waals surface area (Å²) in [5, 5.41) is 0. The molecule has 2 aromatic rings. The zero-order valence-corrected chi connectivity index (χ0v) is 17.3. The molecule has 0 spiro atoms. The lowest BCUT2D eigenvalue weighted by atomic mass is 10.1. The van der Waals surface area contributed by atoms with E-state index in [0.717, 1.165) is 35.5 Å². The first kappa shape index (κ1) is 21.7. The Bertz CT molecular complexity index is 838. The Labute approximate surface area is 166 Å². The molecule has 0 aliphatic heterocycles. The second-order valence-electron chi connectivity index (χ2n) is 6.90. The van der Waals surface area contributed by atoms with E-state index in [1.807, 2.05) is 45.9 Å². The molecule has 0 aliphatic rings. The lowest BCUT2D eigenvalue weighted by molar-refractivity contribution is -0.144. The van der Waals surface area contributed by atoms with Crippen molar-refractivity contribution in [1.82, 2.24) is 4.57 Å². The van der Waals surface area contributed by atoms with Crippen molar-refractivity contribution < 1.29 is 23.8 Å². The predicted molar refractivity (Wildman–Crippen MR) is 107 cm³/mol. The maximum Gasteiger partial charge on any atom is 0.344 e. The molecule has 6 heteroatoms. The summed E-state index contributed by atoms with van der Waals surface area (Å²) in [4.78, 5) is 24.4. The number of aromatic nitrogens is 1. The standard InChI is InChI=1S/C22H29NO5/c1-15-7-8-19(11-16(15)2)27-14-22(25)28-13-21(24)20-12-17(3)23(18(20)4)9-6-10-26-5/h7-8,11-12H,6,9-10,13-14H2,1-5H3. The van der Waals surface area contributed by atoms with Gasteiger partial charge < -0.3 is 18.8 Å². The molecule has 0 amide bonds. The van der Waals surface area contributed by atoms with E-state index in [4.69, 9.17) is 14.2 Å². The number of esters is 1. The Morgan fingerprint density at radius 2 is 1.75 bits per heavy atom. The van der Waals surface area contributed by atoms with Gasteiger partial charge in [0.15, 0.2) is 13.2 Å². The molecule has 0 N–H and O–H groups in total. The first-order chi connectivity index (χ1) is 13.3. The molecule has 28 heavy (non-hydrogen) atoms. The Hall–Kier alpha value is -2.60. The van der Waals surface area contributed by atoms with Gasteiger partial charge in [-0.3, -0.25) is 4.79 Å². The Morgan fingerprint density at radius 1 is 1.00 bits per heavy atom. The van der Waals surface area contributed by atoms with Gasteiger partial charge in [-0.05, 0) is 63.4 Å². The molecule has 0 aliphatic carbocycles. The van der Waals surface area contributed by atoms with Crippen LogP contribution in [0.25, 0.3) is 0 Å². The molecular weight excluding hydrogens is 358 g/mol. The quantitative estimate of drug-likeness (QED) is 0.354. The Kier molecular flexibility index (Phi) is 7.81. The lowest BCUT2D eigenvalue weighted by Crippen LogP contribution is -2.20. The summed E-state index contributed by atoms with van der Waals surface area (Å²) in [6.07, 6.45) is 0.866. The summed E-state index contributed by atoms with van der Waals surface area (Å²) < 4.78 is 17.7. The smallest absolute Gasteiger partial charge is 0.344 e. The minimum Gasteiger partial charge on any atom is -0.482 e. The molecule has 1 aromatic heterocycles. The summed E-state index contributed by atoms with van der Waals surface area (Å²) >= 11 is 0. The monoisotopic (exact) mass is 387 g/mol. The average molecular weight is 387 g/mol. The van der Waals surface area contributed by atoms with Gasteiger partial charge in [-0.2, -0.15) is 0 Å². The number of methoxy groups -OCH3 is 1. The fraction of sp³-hybridized carbons (Fsp3) is 0.455. The van der Waals surface area contributed by atoms with Crippen LogP contribution in [0.15, 0.2) is 24.3 Å². The fourth-order valence-electron chi connectivity index (χ4n) is 3.01. The van der Waals surface area contributed by atoms with Gasteiger partial charge in [0.1, 0.15) is 5.75 Å². The second kappa shape index (κ2) is 10.1. The third-order valence-electron chi connectivity index (χ3n) is 4.80. The number of ketones is 1. The van der Waals surface area contributed by atoms with Crippen molar-refractivity contribution in [3.8, 4) is 5.75 Å². The van der Waals surface area contributed by atoms with Crippen LogP contribution in [-0.4, -0.2) is 43.3 Å². The molecule has 1 aromatic carbocycles. The van der Waals surface area contributed by atoms with Crippen LogP contribution in [0.1, 0.15) is 39.3 Å². The predicted octanol–water partition coefficient (Wildman–Crippen LogP) is 3.56. The maximum absolute atomic E-state index is 12.5. The highest BCUT2D eigenvalue weighted by Crippen LogP contribution is 2.18. The van der Waals surface area contributed by atoms with Crippen LogP contribution in [0.4, 0.5) is 0 Å². The van der Waals surface area contributed by atoms with E-state index in [-0.39, 0.29) is 19.0 Å². The summed E-state index contributed by atoms with van der Waals surface area (Å²) in [6.45, 7) is 8.76. The van der Waals surface area contributed by atoms with Crippen molar-refractivity contribution in [3.05, 3.63) is 52.3 Å². The van der Waals surface area contributed by atoms with Crippen LogP contribution in [0.3, 0.4) is 0 Å². The third kappa shape index (κ3) is 5.70. The number of carbonyl (C=O) groups is 2. The summed E-state index contributed by atoms with van der Waals surface area (Å²) in [5.74, 6) is -0.183. The number of ether oxygens (including phenoxy) is 3. The molecule has 152 valence electrons. The molecule has 0 saturated carbocycles. The van der Waals surface area contributed by atoms with Gasteiger partial charge in [0, 0.05) is 37.2 Å². The van der Waals surface area contributed by atoms with Crippen LogP contribution in [-0.2, 0) is 20.8 Å². The van der Waals surface area contributed by atoms with E-state index in [1.165, 1.54) is 0 Å². The second-order valence-corrected chi connectivity index (χ2v) is 6.90. The van der Waals surface area contributed by atoms with Gasteiger partial charge in [-0.1, -0.05) is 6.07 Å². The number of hydrogen-bond donors (Lipinski definition) is 0. The third-order valence-corrected chi connectivity index (χ3v) is 4.80. The van der Waals surface area contributed by atoms with Crippen molar-refractivity contribution in [2.75, 3.05) is 26.9 Å². The van der Waals surface area contributed by atoms with Crippen LogP contribution < -0.4 is 4.74 Å². The molecule has 0 saturated heterocycles. The highest BCUT2D eigenvalue weighted by molar-refractivity contribution is 5.99. The van der Waals surface area contributed by atoms with Gasteiger partial charge in [-0.25, -0.2) is 4.79 Å². The number of hydrogen-bond acceptors (Lipinski definition) is 5. The number of rotatable bonds is 10. The molecule has 2 rings (SSSR count). The van der Waals surface area contributed by atoms with Crippen LogP contribution in [0.2, 0.25) is 0 Å². The molecular formula is C22H29NO5. The first-order valence-corrected chi connectivity index (χ1v) is 9.38. The minimum atomic E-state index is -0.569. The summed E-state index contributed by atoms with van der Waals surface area (Å²) in [7, 11) is 1.67. The van der Waals surface area contributed by atoms with Gasteiger partial charge in [0.2, 0.25) is 5.78 Å². The Morgan fingerprint density at radius 3 is 2.43 bits per heavy atom. The molecule has 0 radical (unpaired) electrons. The minimum absolute atomic E-state index is 0.217. The highest BCUT2D eigenvalue weighted by atomic mass is 16.6. The number of carbonyl (C=O) groups excluding carboxylic acids is 2. The van der Waals surface area contributed by atoms with Gasteiger partial charge in [-0.15, -0.1) is 0 Å². The SMILES string of the molecule is COCCCn1c(C)cc(C(=O)COC(=O)COc2ccc(C)c(C)c2)c1C. The number of benzene rings is 1. The van der Waals surface area contributed by atoms with E-state index in [9.17, 15) is 9.59 Å². The van der Waals surface area contributed by atoms with Crippen molar-refractivity contribution in [1.29, 1.82) is 0 Å². The van der Waals surface area contributed by atoms with E-state index in [2.05, 4.69) is 4.57 Å². The molecule has 0 atom stereocenters. The van der Waals surface area contributed by atoms with Crippen LogP contribution in [0, 0.1) is 27.7 Å². The van der Waals surface area contributed by atoms with Crippen molar-refractivity contribution in [3.63, 3.8) is 0 Å². The highest BCUT2D eigenvalue weighted by Gasteiger charge is 2.17. The van der Waals surface area contributed by atoms with E-state index < -0.39 is 5.97 Å². The molecule has 1 heterocycles. The van der Waals surface area contributed by atoms with E-state index in [1.54, 1.807) is 13.2 Å². The summed E-state index contributed by atoms with van der Waals surface area (Å²) in [6, 6.07) is 7.44. The van der Waals surface area contributed by atoms with Crippen LogP contribution in [0.5, 0.6) is 5.75 Å². The van der Waals surface area contributed by atoms with Crippen molar-refractivity contribution in [2.45, 2.75) is 40.7 Å². The first-order valence-electron chi connectivity index (χ1n) is 9.38. The Balaban J connectivity index is 1.86. The normalized spacial score (nSPS) is 10.8. The van der Waals surface area contributed by atoms with Gasteiger partial charge in [0.05, 0.1) is 0 Å². The molecule has 0 bridgehead atoms. The lowest BCUT2D eigenvalue weighted by Gasteiger charge is -2.10. The fourth-order valence-corrected chi connectivity index (χ4v) is 3.01. The number of aryl methyl sites for hydroxylation is 3. The van der Waals surface area contributed by atoms with Crippen molar-refractivity contribution >= 4 is 11.8 Å². The van der Waals surface area contributed by atoms with Gasteiger partial charge in [0.25, 0.3) is 0 Å². The van der Waals surface area contributed by atoms with Gasteiger partial charge >= 0.3 is 5.97 Å². The number of Topliss-reactive ketones (excluding diaryl/α,β-unsaturated/α-hetero) is 1. The molecule has 0 fully saturated rings. The zero-order valence-electron chi connectivity index (χ0n) is 17.3. The molecule has 6 nitrogen and oxygen atoms in total. The number of nitrogens with zero attached hydrogens (tertiary/aromatic N) is 1. The summed E-state index contributed by atoms with van der Waals surface area (Å²) in [5.41, 5.74) is 4.70. The zero-order chi connectivity index (χ0) is 20.7. The molecule has 0 unspecified atom stereocenters. The van der Waals surface area contributed by atoms with E-state index >= 15 is 0 Å². The van der Waals surface area contributed by atoms with Crippen molar-refractivity contribution in [2.24, 2.45) is 0 Å². The largest absolute Gasteiger partial charge is 0.482 e. The average Bonchev–Trinajstić information content (AvgIpc) is 2.95. The maximum atomic E-state index is 12.5.